The van der Waals surface area contributed by atoms with Gasteiger partial charge >= 0.3 is 21.7 Å². The smallest absolute Gasteiger partial charge is 0.507 e. The Morgan fingerprint density at radius 3 is 0.791 bits per heavy atom. The molecule has 0 spiro atoms. The maximum absolute atomic E-state index is 10.1. The van der Waals surface area contributed by atoms with Crippen LogP contribution in [0.2, 0.25) is 0 Å². The molecule has 0 amide bonds. The minimum Gasteiger partial charge on any atom is -0.507 e. The number of hydrogen-bond donors (Lipinski definition) is 2. The van der Waals surface area contributed by atoms with Gasteiger partial charge in [0, 0.05) is 0 Å². The average Bonchev–Trinajstić information content (AvgIpc) is 2.92. The molecule has 0 aliphatic heterocycles. The van der Waals surface area contributed by atoms with Crippen LogP contribution in [0.1, 0.15) is 124 Å². The normalized spacial score (nSPS) is 10.2. The summed E-state index contributed by atoms with van der Waals surface area (Å²) in [6.45, 7) is 28.5. The maximum Gasteiger partial charge on any atom is 2.00 e. The molecule has 2 nitrogen and oxygen atoms in total. The van der Waals surface area contributed by atoms with Crippen LogP contribution in [0.15, 0.2) is 84.9 Å². The zero-order valence-electron chi connectivity index (χ0n) is 28.2. The molecule has 0 atom stereocenters. The van der Waals surface area contributed by atoms with E-state index in [0.29, 0.717) is 35.2 Å². The Hall–Kier alpha value is -3.07. The van der Waals surface area contributed by atoms with E-state index in [2.05, 4.69) is 107 Å². The van der Waals surface area contributed by atoms with E-state index in [4.69, 9.17) is 0 Å². The van der Waals surface area contributed by atoms with Crippen molar-refractivity contribution in [3.05, 3.63) is 143 Å². The quantitative estimate of drug-likeness (QED) is 0.177. The molecular formula is C40H54O2Ti. The second kappa shape index (κ2) is 20.0. The van der Waals surface area contributed by atoms with E-state index >= 15 is 0 Å². The number of aromatic hydroxyl groups is 2. The van der Waals surface area contributed by atoms with E-state index in [0.717, 1.165) is 33.4 Å². The van der Waals surface area contributed by atoms with Crippen molar-refractivity contribution < 1.29 is 31.9 Å². The van der Waals surface area contributed by atoms with Crippen molar-refractivity contribution >= 4 is 0 Å². The average molecular weight is 615 g/mol. The summed E-state index contributed by atoms with van der Waals surface area (Å²) in [7, 11) is 0. The third-order valence-electron chi connectivity index (χ3n) is 6.80. The topological polar surface area (TPSA) is 40.5 Å². The molecule has 230 valence electrons. The predicted molar refractivity (Wildman–Crippen MR) is 184 cm³/mol. The van der Waals surface area contributed by atoms with Crippen molar-refractivity contribution in [3.63, 3.8) is 0 Å². The number of phenols is 2. The van der Waals surface area contributed by atoms with E-state index < -0.39 is 0 Å². The monoisotopic (exact) mass is 614 g/mol. The molecule has 0 unspecified atom stereocenters. The van der Waals surface area contributed by atoms with Crippen molar-refractivity contribution in [3.8, 4) is 11.5 Å². The van der Waals surface area contributed by atoms with Gasteiger partial charge in [-0.25, -0.2) is 0 Å². The Labute approximate surface area is 278 Å². The van der Waals surface area contributed by atoms with Crippen molar-refractivity contribution in [1.29, 1.82) is 0 Å². The summed E-state index contributed by atoms with van der Waals surface area (Å²) in [4.78, 5) is 0. The van der Waals surface area contributed by atoms with Gasteiger partial charge in [0.25, 0.3) is 0 Å². The Bertz CT molecular complexity index is 1160. The molecule has 0 aliphatic rings. The molecule has 3 heteroatoms. The third-order valence-corrected chi connectivity index (χ3v) is 6.80. The Kier molecular flexibility index (Phi) is 18.6. The number of aryl methyl sites for hydroxylation is 2. The molecule has 0 bridgehead atoms. The first-order valence-electron chi connectivity index (χ1n) is 15.1. The minimum absolute atomic E-state index is 0. The maximum atomic E-state index is 10.1. The van der Waals surface area contributed by atoms with Gasteiger partial charge in [0.15, 0.2) is 0 Å². The SMILES string of the molecule is Cc1cc(C(C)C)c(O)c(C(C)C)c1.Cc1cc(C(C)C)c(O)c(C(C)C)c1.[CH2-]c1ccccc1.[CH2-]c1ccccc1.[Ti+2]. The molecular weight excluding hydrogens is 560 g/mol. The Morgan fingerprint density at radius 2 is 0.651 bits per heavy atom. The number of rotatable bonds is 4. The molecule has 0 aliphatic carbocycles. The molecule has 43 heavy (non-hydrogen) atoms. The zero-order valence-corrected chi connectivity index (χ0v) is 29.8. The first-order chi connectivity index (χ1) is 19.6. The van der Waals surface area contributed by atoms with Crippen molar-refractivity contribution in [2.24, 2.45) is 0 Å². The zero-order chi connectivity index (χ0) is 32.0. The van der Waals surface area contributed by atoms with Gasteiger partial charge < -0.3 is 10.2 Å². The van der Waals surface area contributed by atoms with Gasteiger partial charge in [-0.1, -0.05) is 103 Å². The second-order valence-corrected chi connectivity index (χ2v) is 12.2. The van der Waals surface area contributed by atoms with E-state index in [1.54, 1.807) is 0 Å². The molecule has 4 aromatic carbocycles. The van der Waals surface area contributed by atoms with Gasteiger partial charge in [0.2, 0.25) is 0 Å². The van der Waals surface area contributed by atoms with Crippen LogP contribution < -0.4 is 0 Å². The fourth-order valence-corrected chi connectivity index (χ4v) is 4.39. The fourth-order valence-electron chi connectivity index (χ4n) is 4.39. The van der Waals surface area contributed by atoms with Crippen molar-refractivity contribution in [1.82, 2.24) is 0 Å². The van der Waals surface area contributed by atoms with Gasteiger partial charge in [-0.15, -0.1) is 24.3 Å². The van der Waals surface area contributed by atoms with Crippen LogP contribution in [0.25, 0.3) is 0 Å². The summed E-state index contributed by atoms with van der Waals surface area (Å²) < 4.78 is 0. The van der Waals surface area contributed by atoms with Crippen LogP contribution in [0.5, 0.6) is 11.5 Å². The van der Waals surface area contributed by atoms with E-state index in [9.17, 15) is 10.2 Å². The summed E-state index contributed by atoms with van der Waals surface area (Å²) in [5.74, 6) is 2.50. The standard InChI is InChI=1S/2C13H20O.2C7H7.Ti/c2*1-8(2)11-6-10(5)7-12(9(3)4)13(11)14;2*1-7-5-3-2-4-6-7;/h2*6-9,14H,1-5H3;2*2-6H,1H2;/q;;2*-1;+2. The summed E-state index contributed by atoms with van der Waals surface area (Å²) in [6, 6.07) is 28.0. The molecule has 4 aromatic rings. The Morgan fingerprint density at radius 1 is 0.442 bits per heavy atom. The van der Waals surface area contributed by atoms with Crippen LogP contribution in [-0.2, 0) is 21.7 Å². The number of benzene rings is 4. The van der Waals surface area contributed by atoms with Gasteiger partial charge in [-0.3, -0.25) is 0 Å². The molecule has 4 rings (SSSR count). The van der Waals surface area contributed by atoms with Crippen LogP contribution in [0, 0.1) is 27.7 Å². The van der Waals surface area contributed by atoms with Crippen LogP contribution in [-0.4, -0.2) is 10.2 Å². The van der Waals surface area contributed by atoms with E-state index in [1.807, 2.05) is 60.7 Å². The first kappa shape index (κ1) is 39.9. The molecule has 0 fully saturated rings. The third kappa shape index (κ3) is 14.3. The molecule has 0 saturated heterocycles. The molecule has 0 aromatic heterocycles. The number of hydrogen-bond acceptors (Lipinski definition) is 2. The predicted octanol–water partition coefficient (Wildman–Crippen LogP) is 11.6. The largest absolute Gasteiger partial charge is 2.00 e. The van der Waals surface area contributed by atoms with E-state index in [-0.39, 0.29) is 21.7 Å². The molecule has 2 N–H and O–H groups in total. The molecule has 0 radical (unpaired) electrons. The van der Waals surface area contributed by atoms with Crippen LogP contribution >= 0.6 is 0 Å². The van der Waals surface area contributed by atoms with E-state index in [1.165, 1.54) is 11.1 Å². The second-order valence-electron chi connectivity index (χ2n) is 12.2. The summed E-state index contributed by atoms with van der Waals surface area (Å²) >= 11 is 0. The van der Waals surface area contributed by atoms with Crippen LogP contribution in [0.3, 0.4) is 0 Å². The van der Waals surface area contributed by atoms with Gasteiger partial charge in [-0.05, 0) is 59.8 Å². The first-order valence-corrected chi connectivity index (χ1v) is 15.1. The number of phenolic OH excluding ortho intramolecular Hbond substituents is 2. The van der Waals surface area contributed by atoms with Crippen LogP contribution in [0.4, 0.5) is 0 Å². The van der Waals surface area contributed by atoms with Gasteiger partial charge in [0.1, 0.15) is 11.5 Å². The van der Waals surface area contributed by atoms with Gasteiger partial charge in [-0.2, -0.15) is 49.2 Å². The summed E-state index contributed by atoms with van der Waals surface area (Å²) in [5.41, 5.74) is 8.86. The molecule has 0 saturated carbocycles. The summed E-state index contributed by atoms with van der Waals surface area (Å²) in [5, 5.41) is 20.1. The van der Waals surface area contributed by atoms with Gasteiger partial charge in [0.05, 0.1) is 0 Å². The Balaban J connectivity index is 0.000000569. The summed E-state index contributed by atoms with van der Waals surface area (Å²) in [6.07, 6.45) is 0. The fraction of sp³-hybridized carbons (Fsp3) is 0.350. The van der Waals surface area contributed by atoms with Crippen molar-refractivity contribution in [2.45, 2.75) is 92.9 Å². The minimum atomic E-state index is 0. The van der Waals surface area contributed by atoms with Crippen molar-refractivity contribution in [2.75, 3.05) is 0 Å². The molecule has 0 heterocycles.